The molecule has 0 amide bonds. The maximum Gasteiger partial charge on any atom is 0.243 e. The van der Waals surface area contributed by atoms with Crippen LogP contribution >= 0.6 is 0 Å². The zero-order valence-electron chi connectivity index (χ0n) is 13.0. The predicted octanol–water partition coefficient (Wildman–Crippen LogP) is 2.66. The van der Waals surface area contributed by atoms with Crippen LogP contribution in [0.3, 0.4) is 0 Å². The molecule has 1 aromatic carbocycles. The molecule has 1 saturated carbocycles. The smallest absolute Gasteiger partial charge is 0.243 e. The van der Waals surface area contributed by atoms with Crippen molar-refractivity contribution < 1.29 is 8.42 Å². The van der Waals surface area contributed by atoms with Crippen molar-refractivity contribution in [1.29, 1.82) is 0 Å². The molecule has 0 saturated heterocycles. The van der Waals surface area contributed by atoms with Crippen LogP contribution in [0, 0.1) is 0 Å². The molecule has 1 aliphatic carbocycles. The van der Waals surface area contributed by atoms with E-state index < -0.39 is 10.0 Å². The van der Waals surface area contributed by atoms with Gasteiger partial charge < -0.3 is 5.73 Å². The van der Waals surface area contributed by atoms with Crippen molar-refractivity contribution in [1.82, 2.24) is 4.31 Å². The van der Waals surface area contributed by atoms with E-state index in [1.54, 1.807) is 23.5 Å². The summed E-state index contributed by atoms with van der Waals surface area (Å²) in [5, 5.41) is 0. The van der Waals surface area contributed by atoms with Gasteiger partial charge in [-0.25, -0.2) is 8.42 Å². The summed E-state index contributed by atoms with van der Waals surface area (Å²) in [6.07, 6.45) is 6.25. The Hall–Kier alpha value is -0.910. The number of benzene rings is 1. The Morgan fingerprint density at radius 1 is 1.19 bits per heavy atom. The van der Waals surface area contributed by atoms with Gasteiger partial charge in [0.15, 0.2) is 0 Å². The number of nitrogens with zero attached hydrogens (tertiary/aromatic N) is 1. The molecule has 0 aromatic heterocycles. The standard InChI is InChI=1S/C16H26N2O2S/c1-3-13-9-10-16(11-14(13)12-17)21(19,20)18(2)15-7-5-4-6-8-15/h9-11,15H,3-8,12,17H2,1-2H3. The maximum atomic E-state index is 12.8. The van der Waals surface area contributed by atoms with Gasteiger partial charge in [0.1, 0.15) is 0 Å². The molecule has 2 rings (SSSR count). The summed E-state index contributed by atoms with van der Waals surface area (Å²) in [7, 11) is -1.71. The lowest BCUT2D eigenvalue weighted by molar-refractivity contribution is 0.286. The number of hydrogen-bond donors (Lipinski definition) is 1. The molecule has 0 aliphatic heterocycles. The lowest BCUT2D eigenvalue weighted by atomic mass is 9.96. The molecule has 0 radical (unpaired) electrons. The first-order valence-corrected chi connectivity index (χ1v) is 9.24. The van der Waals surface area contributed by atoms with Crippen LogP contribution in [0.1, 0.15) is 50.2 Å². The van der Waals surface area contributed by atoms with Gasteiger partial charge >= 0.3 is 0 Å². The lowest BCUT2D eigenvalue weighted by Gasteiger charge is -2.30. The van der Waals surface area contributed by atoms with E-state index in [4.69, 9.17) is 5.73 Å². The van der Waals surface area contributed by atoms with Crippen molar-refractivity contribution in [3.8, 4) is 0 Å². The van der Waals surface area contributed by atoms with Crippen molar-refractivity contribution in [2.75, 3.05) is 7.05 Å². The molecular weight excluding hydrogens is 284 g/mol. The molecule has 5 heteroatoms. The van der Waals surface area contributed by atoms with E-state index in [1.807, 2.05) is 6.07 Å². The van der Waals surface area contributed by atoms with E-state index in [-0.39, 0.29) is 6.04 Å². The molecule has 0 heterocycles. The zero-order valence-corrected chi connectivity index (χ0v) is 13.8. The molecule has 1 fully saturated rings. The number of aryl methyl sites for hydroxylation is 1. The minimum atomic E-state index is -3.42. The SMILES string of the molecule is CCc1ccc(S(=O)(=O)N(C)C2CCCCC2)cc1CN. The van der Waals surface area contributed by atoms with Crippen molar-refractivity contribution in [3.05, 3.63) is 29.3 Å². The van der Waals surface area contributed by atoms with Gasteiger partial charge in [0.2, 0.25) is 10.0 Å². The Kier molecular flexibility index (Phi) is 5.41. The Bertz CT molecular complexity index is 578. The molecular formula is C16H26N2O2S. The van der Waals surface area contributed by atoms with Crippen LogP contribution in [-0.2, 0) is 23.0 Å². The van der Waals surface area contributed by atoms with Gasteiger partial charge in [0.05, 0.1) is 4.90 Å². The van der Waals surface area contributed by atoms with Crippen LogP contribution < -0.4 is 5.73 Å². The van der Waals surface area contributed by atoms with Crippen LogP contribution in [0.5, 0.6) is 0 Å². The summed E-state index contributed by atoms with van der Waals surface area (Å²) in [5.41, 5.74) is 7.80. The highest BCUT2D eigenvalue weighted by Gasteiger charge is 2.29. The monoisotopic (exact) mass is 310 g/mol. The van der Waals surface area contributed by atoms with Gasteiger partial charge in [0.25, 0.3) is 0 Å². The first-order chi connectivity index (χ1) is 10.0. The number of sulfonamides is 1. The van der Waals surface area contributed by atoms with Gasteiger partial charge in [-0.3, -0.25) is 0 Å². The molecule has 2 N–H and O–H groups in total. The van der Waals surface area contributed by atoms with Crippen molar-refractivity contribution in [3.63, 3.8) is 0 Å². The Labute approximate surface area is 128 Å². The normalized spacial score (nSPS) is 17.3. The van der Waals surface area contributed by atoms with Crippen LogP contribution in [0.25, 0.3) is 0 Å². The second-order valence-corrected chi connectivity index (χ2v) is 7.80. The molecule has 0 spiro atoms. The minimum absolute atomic E-state index is 0.135. The second-order valence-electron chi connectivity index (χ2n) is 5.80. The van der Waals surface area contributed by atoms with E-state index in [9.17, 15) is 8.42 Å². The highest BCUT2D eigenvalue weighted by Crippen LogP contribution is 2.27. The molecule has 1 aromatic rings. The highest BCUT2D eigenvalue weighted by molar-refractivity contribution is 7.89. The summed E-state index contributed by atoms with van der Waals surface area (Å²) in [5.74, 6) is 0. The fourth-order valence-electron chi connectivity index (χ4n) is 3.10. The number of hydrogen-bond acceptors (Lipinski definition) is 3. The van der Waals surface area contributed by atoms with E-state index in [2.05, 4.69) is 6.92 Å². The van der Waals surface area contributed by atoms with Crippen LogP contribution in [-0.4, -0.2) is 25.8 Å². The fourth-order valence-corrected chi connectivity index (χ4v) is 4.57. The van der Waals surface area contributed by atoms with Crippen molar-refractivity contribution in [2.24, 2.45) is 5.73 Å². The van der Waals surface area contributed by atoms with Gasteiger partial charge in [-0.1, -0.05) is 32.3 Å². The third-order valence-corrected chi connectivity index (χ3v) is 6.45. The van der Waals surface area contributed by atoms with Crippen LogP contribution in [0.15, 0.2) is 23.1 Å². The van der Waals surface area contributed by atoms with Crippen LogP contribution in [0.4, 0.5) is 0 Å². The zero-order chi connectivity index (χ0) is 15.5. The van der Waals surface area contributed by atoms with E-state index in [1.165, 1.54) is 6.42 Å². The third kappa shape index (κ3) is 3.47. The third-order valence-electron chi connectivity index (χ3n) is 4.54. The van der Waals surface area contributed by atoms with Gasteiger partial charge in [0, 0.05) is 19.6 Å². The Balaban J connectivity index is 2.30. The summed E-state index contributed by atoms with van der Waals surface area (Å²) < 4.78 is 27.1. The van der Waals surface area contributed by atoms with Crippen molar-refractivity contribution >= 4 is 10.0 Å². The highest BCUT2D eigenvalue weighted by atomic mass is 32.2. The quantitative estimate of drug-likeness (QED) is 0.909. The summed E-state index contributed by atoms with van der Waals surface area (Å²) in [6.45, 7) is 2.43. The topological polar surface area (TPSA) is 63.4 Å². The predicted molar refractivity (Wildman–Crippen MR) is 85.5 cm³/mol. The average molecular weight is 310 g/mol. The van der Waals surface area contributed by atoms with Gasteiger partial charge in [-0.05, 0) is 42.5 Å². The van der Waals surface area contributed by atoms with Crippen molar-refractivity contribution in [2.45, 2.75) is 62.9 Å². The van der Waals surface area contributed by atoms with Gasteiger partial charge in [-0.2, -0.15) is 4.31 Å². The number of nitrogens with two attached hydrogens (primary N) is 1. The fraction of sp³-hybridized carbons (Fsp3) is 0.625. The van der Waals surface area contributed by atoms with E-state index >= 15 is 0 Å². The molecule has 1 aliphatic rings. The van der Waals surface area contributed by atoms with Crippen LogP contribution in [0.2, 0.25) is 0 Å². The average Bonchev–Trinajstić information content (AvgIpc) is 2.54. The first-order valence-electron chi connectivity index (χ1n) is 7.80. The van der Waals surface area contributed by atoms with Gasteiger partial charge in [-0.15, -0.1) is 0 Å². The lowest BCUT2D eigenvalue weighted by Crippen LogP contribution is -2.38. The Morgan fingerprint density at radius 2 is 1.86 bits per heavy atom. The second kappa shape index (κ2) is 6.90. The summed E-state index contributed by atoms with van der Waals surface area (Å²) in [6, 6.07) is 5.49. The molecule has 0 bridgehead atoms. The largest absolute Gasteiger partial charge is 0.326 e. The van der Waals surface area contributed by atoms with E-state index in [0.29, 0.717) is 11.4 Å². The molecule has 0 unspecified atom stereocenters. The molecule has 21 heavy (non-hydrogen) atoms. The summed E-state index contributed by atoms with van der Waals surface area (Å²) in [4.78, 5) is 0.369. The maximum absolute atomic E-state index is 12.8. The molecule has 4 nitrogen and oxygen atoms in total. The molecule has 118 valence electrons. The Morgan fingerprint density at radius 3 is 2.43 bits per heavy atom. The minimum Gasteiger partial charge on any atom is -0.326 e. The number of rotatable bonds is 5. The van der Waals surface area contributed by atoms with E-state index in [0.717, 1.165) is 43.2 Å². The molecule has 0 atom stereocenters. The first kappa shape index (κ1) is 16.5. The summed E-state index contributed by atoms with van der Waals surface area (Å²) >= 11 is 0.